The van der Waals surface area contributed by atoms with E-state index >= 15 is 0 Å². The van der Waals surface area contributed by atoms with Crippen LogP contribution in [0.4, 0.5) is 0 Å². The van der Waals surface area contributed by atoms with Gasteiger partial charge in [-0.1, -0.05) is 60.7 Å². The van der Waals surface area contributed by atoms with Crippen LogP contribution in [0.1, 0.15) is 18.1 Å². The maximum absolute atomic E-state index is 8.00. The molecule has 0 heterocycles. The Kier molecular flexibility index (Phi) is 11.8. The maximum Gasteiger partial charge on any atom is 0.106 e. The number of rotatable bonds is 3. The Morgan fingerprint density at radius 3 is 1.89 bits per heavy atom. The number of carbonyl (C=O) groups is 1. The van der Waals surface area contributed by atoms with Crippen LogP contribution in [0.5, 0.6) is 0 Å². The molecular weight excluding hydrogens is 224 g/mol. The zero-order valence-corrected chi connectivity index (χ0v) is 11.4. The fraction of sp³-hybridized carbons (Fsp3) is 0.188. The van der Waals surface area contributed by atoms with E-state index in [0.29, 0.717) is 0 Å². The third-order valence-corrected chi connectivity index (χ3v) is 1.99. The van der Waals surface area contributed by atoms with Gasteiger partial charge in [0.15, 0.2) is 0 Å². The van der Waals surface area contributed by atoms with Gasteiger partial charge in [-0.3, -0.25) is 0 Å². The molecule has 1 aromatic carbocycles. The summed E-state index contributed by atoms with van der Waals surface area (Å²) in [6.45, 7) is 13.9. The fourth-order valence-corrected chi connectivity index (χ4v) is 1.11. The second-order valence-electron chi connectivity index (χ2n) is 3.57. The number of benzene rings is 1. The minimum atomic E-state index is 1.00. The Bertz CT molecular complexity index is 386. The summed E-state index contributed by atoms with van der Waals surface area (Å²) >= 11 is 0. The Balaban J connectivity index is 0. The van der Waals surface area contributed by atoms with Crippen LogP contribution in [0.3, 0.4) is 0 Å². The first kappa shape index (κ1) is 18.4. The molecule has 0 unspecified atom stereocenters. The van der Waals surface area contributed by atoms with Crippen LogP contribution in [0.2, 0.25) is 0 Å². The lowest BCUT2D eigenvalue weighted by Gasteiger charge is -2.00. The quantitative estimate of drug-likeness (QED) is 0.828. The predicted molar refractivity (Wildman–Crippen MR) is 79.4 cm³/mol. The molecule has 0 aliphatic carbocycles. The van der Waals surface area contributed by atoms with E-state index < -0.39 is 0 Å². The van der Waals surface area contributed by atoms with Crippen molar-refractivity contribution in [3.63, 3.8) is 0 Å². The van der Waals surface area contributed by atoms with Crippen LogP contribution in [0.15, 0.2) is 55.1 Å². The minimum absolute atomic E-state index is 1.00. The number of allylic oxidation sites excluding steroid dienone is 4. The molecule has 98 valence electrons. The smallest absolute Gasteiger partial charge is 0.106 e. The van der Waals surface area contributed by atoms with Gasteiger partial charge >= 0.3 is 0 Å². The normalized spacial score (nSPS) is 8.67. The van der Waals surface area contributed by atoms with E-state index in [1.165, 1.54) is 5.56 Å². The highest BCUT2D eigenvalue weighted by atomic mass is 16.2. The minimum Gasteiger partial charge on any atom is -0.400 e. The summed E-state index contributed by atoms with van der Waals surface area (Å²) in [6, 6.07) is 8.35. The van der Waals surface area contributed by atoms with Gasteiger partial charge in [-0.25, -0.2) is 0 Å². The molecule has 0 amide bonds. The van der Waals surface area contributed by atoms with Gasteiger partial charge in [0, 0.05) is 7.11 Å². The molecule has 0 aliphatic heterocycles. The topological polar surface area (TPSA) is 37.3 Å². The standard InChI is InChI=1S/C14H16.CH4O.CH2O/c1-11(2)5-8-13(4)14-9-6-12(3)7-10-14;2*1-2/h5-10H,1,4H2,2-3H3;2H,1H3;1H2/b8-5-;;. The lowest BCUT2D eigenvalue weighted by atomic mass is 10.1. The van der Waals surface area contributed by atoms with Crippen LogP contribution in [0, 0.1) is 6.92 Å². The third-order valence-electron chi connectivity index (χ3n) is 1.99. The highest BCUT2D eigenvalue weighted by Gasteiger charge is 1.93. The molecule has 2 heteroatoms. The van der Waals surface area contributed by atoms with Crippen LogP contribution in [-0.2, 0) is 4.79 Å². The first-order chi connectivity index (χ1) is 8.59. The Morgan fingerprint density at radius 2 is 1.50 bits per heavy atom. The number of aliphatic hydroxyl groups excluding tert-OH is 1. The monoisotopic (exact) mass is 246 g/mol. The molecule has 1 aromatic rings. The summed E-state index contributed by atoms with van der Waals surface area (Å²) in [5.41, 5.74) is 4.49. The predicted octanol–water partition coefficient (Wildman–Crippen LogP) is 3.56. The van der Waals surface area contributed by atoms with E-state index in [-0.39, 0.29) is 0 Å². The fourth-order valence-electron chi connectivity index (χ4n) is 1.11. The average Bonchev–Trinajstić information content (AvgIpc) is 2.41. The SMILES string of the molecule is C=C(C)/C=C\C(=C)c1ccc(C)cc1.C=O.CO. The number of aliphatic hydroxyl groups is 1. The maximum atomic E-state index is 8.00. The van der Waals surface area contributed by atoms with Crippen molar-refractivity contribution < 1.29 is 9.90 Å². The van der Waals surface area contributed by atoms with Crippen molar-refractivity contribution in [1.29, 1.82) is 0 Å². The number of hydrogen-bond acceptors (Lipinski definition) is 2. The van der Waals surface area contributed by atoms with Crippen molar-refractivity contribution in [1.82, 2.24) is 0 Å². The molecule has 18 heavy (non-hydrogen) atoms. The van der Waals surface area contributed by atoms with Crippen LogP contribution < -0.4 is 0 Å². The second kappa shape index (κ2) is 11.6. The van der Waals surface area contributed by atoms with Gasteiger partial charge in [0.25, 0.3) is 0 Å². The largest absolute Gasteiger partial charge is 0.400 e. The van der Waals surface area contributed by atoms with Gasteiger partial charge in [0.05, 0.1) is 0 Å². The molecule has 1 N–H and O–H groups in total. The zero-order valence-electron chi connectivity index (χ0n) is 11.4. The third kappa shape index (κ3) is 8.25. The summed E-state index contributed by atoms with van der Waals surface area (Å²) in [6.07, 6.45) is 3.97. The Labute approximate surface area is 110 Å². The molecular formula is C16H22O2. The highest BCUT2D eigenvalue weighted by Crippen LogP contribution is 2.14. The molecule has 0 fully saturated rings. The van der Waals surface area contributed by atoms with Crippen molar-refractivity contribution in [3.8, 4) is 0 Å². The van der Waals surface area contributed by atoms with E-state index in [4.69, 9.17) is 9.90 Å². The molecule has 0 aromatic heterocycles. The van der Waals surface area contributed by atoms with E-state index in [2.05, 4.69) is 44.3 Å². The van der Waals surface area contributed by atoms with Crippen molar-refractivity contribution in [2.75, 3.05) is 7.11 Å². The van der Waals surface area contributed by atoms with Crippen LogP contribution in [0.25, 0.3) is 5.57 Å². The lowest BCUT2D eigenvalue weighted by Crippen LogP contribution is -1.79. The van der Waals surface area contributed by atoms with Crippen molar-refractivity contribution in [2.24, 2.45) is 0 Å². The molecule has 2 nitrogen and oxygen atoms in total. The number of aryl methyl sites for hydroxylation is 1. The van der Waals surface area contributed by atoms with E-state index in [0.717, 1.165) is 23.8 Å². The molecule has 0 atom stereocenters. The highest BCUT2D eigenvalue weighted by molar-refractivity contribution is 5.72. The van der Waals surface area contributed by atoms with Gasteiger partial charge in [0.1, 0.15) is 6.79 Å². The molecule has 0 aliphatic rings. The van der Waals surface area contributed by atoms with Gasteiger partial charge in [-0.2, -0.15) is 0 Å². The average molecular weight is 246 g/mol. The molecule has 0 spiro atoms. The van der Waals surface area contributed by atoms with E-state index in [9.17, 15) is 0 Å². The summed E-state index contributed by atoms with van der Waals surface area (Å²) in [4.78, 5) is 8.00. The Hall–Kier alpha value is -1.93. The van der Waals surface area contributed by atoms with Gasteiger partial charge in [-0.15, -0.1) is 0 Å². The molecule has 1 rings (SSSR count). The van der Waals surface area contributed by atoms with Gasteiger partial charge < -0.3 is 9.90 Å². The van der Waals surface area contributed by atoms with Gasteiger partial charge in [0.2, 0.25) is 0 Å². The zero-order chi connectivity index (χ0) is 14.6. The van der Waals surface area contributed by atoms with Crippen molar-refractivity contribution >= 4 is 12.4 Å². The lowest BCUT2D eigenvalue weighted by molar-refractivity contribution is -0.0979. The van der Waals surface area contributed by atoms with Gasteiger partial charge in [-0.05, 0) is 25.0 Å². The summed E-state index contributed by atoms with van der Waals surface area (Å²) in [5.74, 6) is 0. The molecule has 0 radical (unpaired) electrons. The van der Waals surface area contributed by atoms with E-state index in [1.54, 1.807) is 0 Å². The first-order valence-electron chi connectivity index (χ1n) is 5.43. The van der Waals surface area contributed by atoms with Crippen LogP contribution >= 0.6 is 0 Å². The second-order valence-corrected chi connectivity index (χ2v) is 3.57. The van der Waals surface area contributed by atoms with Crippen molar-refractivity contribution in [2.45, 2.75) is 13.8 Å². The number of carbonyl (C=O) groups excluding carboxylic acids is 1. The molecule has 0 bridgehead atoms. The summed E-state index contributed by atoms with van der Waals surface area (Å²) < 4.78 is 0. The molecule has 0 saturated carbocycles. The first-order valence-corrected chi connectivity index (χ1v) is 5.43. The van der Waals surface area contributed by atoms with E-state index in [1.807, 2.05) is 25.9 Å². The summed E-state index contributed by atoms with van der Waals surface area (Å²) in [5, 5.41) is 7.00. The number of hydrogen-bond donors (Lipinski definition) is 1. The van der Waals surface area contributed by atoms with Crippen LogP contribution in [-0.4, -0.2) is 19.0 Å². The van der Waals surface area contributed by atoms with Crippen molar-refractivity contribution in [3.05, 3.63) is 66.3 Å². The Morgan fingerprint density at radius 1 is 1.06 bits per heavy atom. The molecule has 0 saturated heterocycles. The summed E-state index contributed by atoms with van der Waals surface area (Å²) in [7, 11) is 1.00.